The summed E-state index contributed by atoms with van der Waals surface area (Å²) in [5.41, 5.74) is 1.18. The van der Waals surface area contributed by atoms with E-state index in [0.717, 1.165) is 69.6 Å². The molecule has 2 N–H and O–H groups in total. The Kier molecular flexibility index (Phi) is 13.2. The lowest BCUT2D eigenvalue weighted by atomic mass is 10.1. The van der Waals surface area contributed by atoms with E-state index in [4.69, 9.17) is 13.9 Å². The number of benzene rings is 1. The molecule has 2 aromatic rings. The summed E-state index contributed by atoms with van der Waals surface area (Å²) in [6.45, 7) is 5.75. The molecule has 0 saturated carbocycles. The van der Waals surface area contributed by atoms with Crippen molar-refractivity contribution in [1.82, 2.24) is 10.6 Å². The molecule has 0 atom stereocenters. The highest BCUT2D eigenvalue weighted by Gasteiger charge is 2.04. The third-order valence-electron chi connectivity index (χ3n) is 4.04. The van der Waals surface area contributed by atoms with Crippen LogP contribution in [0.4, 0.5) is 0 Å². The van der Waals surface area contributed by atoms with E-state index in [1.54, 1.807) is 13.4 Å². The molecule has 0 unspecified atom stereocenters. The van der Waals surface area contributed by atoms with E-state index in [-0.39, 0.29) is 24.0 Å². The lowest BCUT2D eigenvalue weighted by molar-refractivity contribution is 0.146. The lowest BCUT2D eigenvalue weighted by Crippen LogP contribution is -2.39. The number of furan rings is 1. The maximum absolute atomic E-state index is 5.41. The van der Waals surface area contributed by atoms with Gasteiger partial charge in [-0.25, -0.2) is 0 Å². The molecule has 28 heavy (non-hydrogen) atoms. The summed E-state index contributed by atoms with van der Waals surface area (Å²) >= 11 is 0. The third kappa shape index (κ3) is 9.45. The van der Waals surface area contributed by atoms with Crippen molar-refractivity contribution in [1.29, 1.82) is 0 Å². The van der Waals surface area contributed by atoms with E-state index in [2.05, 4.69) is 21.7 Å². The molecule has 7 heteroatoms. The molecule has 0 radical (unpaired) electrons. The number of guanidine groups is 1. The smallest absolute Gasteiger partial charge is 0.191 e. The zero-order chi connectivity index (χ0) is 19.2. The number of nitrogens with zero attached hydrogens (tertiary/aromatic N) is 1. The topological polar surface area (TPSA) is 68.0 Å². The zero-order valence-electron chi connectivity index (χ0n) is 16.8. The summed E-state index contributed by atoms with van der Waals surface area (Å²) in [7, 11) is 1.70. The van der Waals surface area contributed by atoms with E-state index in [0.29, 0.717) is 0 Å². The Labute approximate surface area is 185 Å². The van der Waals surface area contributed by atoms with Gasteiger partial charge in [-0.3, -0.25) is 4.99 Å². The van der Waals surface area contributed by atoms with Gasteiger partial charge in [0.1, 0.15) is 11.5 Å². The van der Waals surface area contributed by atoms with Gasteiger partial charge in [0, 0.05) is 39.3 Å². The number of aliphatic imine (C=N–C) groups is 1. The molecule has 1 aromatic heterocycles. The van der Waals surface area contributed by atoms with Gasteiger partial charge in [0.15, 0.2) is 5.96 Å². The van der Waals surface area contributed by atoms with Crippen LogP contribution in [0, 0.1) is 0 Å². The van der Waals surface area contributed by atoms with Gasteiger partial charge in [-0.1, -0.05) is 18.2 Å². The largest absolute Gasteiger partial charge is 0.496 e. The number of hydrogen-bond donors (Lipinski definition) is 2. The van der Waals surface area contributed by atoms with Crippen molar-refractivity contribution in [2.24, 2.45) is 4.99 Å². The molecule has 0 aliphatic carbocycles. The minimum absolute atomic E-state index is 0. The summed E-state index contributed by atoms with van der Waals surface area (Å²) in [6, 6.07) is 12.0. The van der Waals surface area contributed by atoms with Crippen molar-refractivity contribution in [2.75, 3.05) is 40.0 Å². The molecule has 0 amide bonds. The van der Waals surface area contributed by atoms with E-state index >= 15 is 0 Å². The first-order chi connectivity index (χ1) is 13.3. The van der Waals surface area contributed by atoms with Gasteiger partial charge < -0.3 is 24.5 Å². The Morgan fingerprint density at radius 2 is 1.86 bits per heavy atom. The minimum atomic E-state index is 0. The fraction of sp³-hybridized carbons (Fsp3) is 0.476. The second kappa shape index (κ2) is 15.2. The van der Waals surface area contributed by atoms with Crippen LogP contribution in [0.15, 0.2) is 52.1 Å². The van der Waals surface area contributed by atoms with Crippen LogP contribution in [0.25, 0.3) is 0 Å². The molecule has 0 spiro atoms. The summed E-state index contributed by atoms with van der Waals surface area (Å²) in [5.74, 6) is 2.69. The number of para-hydroxylation sites is 1. The maximum atomic E-state index is 5.41. The predicted molar refractivity (Wildman–Crippen MR) is 124 cm³/mol. The van der Waals surface area contributed by atoms with Gasteiger partial charge in [-0.2, -0.15) is 0 Å². The summed E-state index contributed by atoms with van der Waals surface area (Å²) in [4.78, 5) is 4.64. The quantitative estimate of drug-likeness (QED) is 0.201. The number of hydrogen-bond acceptors (Lipinski definition) is 4. The van der Waals surface area contributed by atoms with Gasteiger partial charge in [-0.05, 0) is 43.5 Å². The highest BCUT2D eigenvalue weighted by atomic mass is 127. The van der Waals surface area contributed by atoms with Crippen LogP contribution in [0.2, 0.25) is 0 Å². The van der Waals surface area contributed by atoms with Crippen molar-refractivity contribution in [3.05, 3.63) is 54.0 Å². The average Bonchev–Trinajstić information content (AvgIpc) is 3.21. The van der Waals surface area contributed by atoms with Gasteiger partial charge in [0.25, 0.3) is 0 Å². The maximum Gasteiger partial charge on any atom is 0.191 e. The van der Waals surface area contributed by atoms with E-state index in [1.807, 2.05) is 37.3 Å². The molecule has 1 heterocycles. The van der Waals surface area contributed by atoms with Gasteiger partial charge in [0.2, 0.25) is 0 Å². The van der Waals surface area contributed by atoms with Crippen molar-refractivity contribution in [3.8, 4) is 5.75 Å². The first kappa shape index (κ1) is 24.3. The highest BCUT2D eigenvalue weighted by molar-refractivity contribution is 14.0. The van der Waals surface area contributed by atoms with Crippen molar-refractivity contribution in [3.63, 3.8) is 0 Å². The van der Waals surface area contributed by atoms with Crippen LogP contribution in [0.3, 0.4) is 0 Å². The van der Waals surface area contributed by atoms with Crippen LogP contribution in [0.1, 0.15) is 24.7 Å². The number of nitrogens with one attached hydrogen (secondary N) is 2. The lowest BCUT2D eigenvalue weighted by Gasteiger charge is -2.13. The summed E-state index contributed by atoms with van der Waals surface area (Å²) in [5, 5.41) is 6.77. The fourth-order valence-electron chi connectivity index (χ4n) is 2.66. The molecular weight excluding hydrogens is 469 g/mol. The average molecular weight is 501 g/mol. The molecule has 0 bridgehead atoms. The highest BCUT2D eigenvalue weighted by Crippen LogP contribution is 2.17. The van der Waals surface area contributed by atoms with Gasteiger partial charge >= 0.3 is 0 Å². The fourth-order valence-corrected chi connectivity index (χ4v) is 2.66. The van der Waals surface area contributed by atoms with E-state index in [9.17, 15) is 0 Å². The molecule has 0 aliphatic heterocycles. The molecule has 156 valence electrons. The second-order valence-electron chi connectivity index (χ2n) is 6.03. The van der Waals surface area contributed by atoms with E-state index in [1.165, 1.54) is 5.56 Å². The second-order valence-corrected chi connectivity index (χ2v) is 6.03. The van der Waals surface area contributed by atoms with Crippen molar-refractivity contribution < 1.29 is 13.9 Å². The van der Waals surface area contributed by atoms with E-state index < -0.39 is 0 Å². The number of rotatable bonds is 12. The third-order valence-corrected chi connectivity index (χ3v) is 4.04. The Morgan fingerprint density at radius 3 is 2.57 bits per heavy atom. The molecule has 2 rings (SSSR count). The normalized spacial score (nSPS) is 11.0. The first-order valence-corrected chi connectivity index (χ1v) is 9.57. The van der Waals surface area contributed by atoms with Crippen LogP contribution in [-0.4, -0.2) is 45.9 Å². The Hall–Kier alpha value is -1.74. The molecule has 0 aliphatic rings. The van der Waals surface area contributed by atoms with Gasteiger partial charge in [-0.15, -0.1) is 24.0 Å². The molecule has 0 saturated heterocycles. The monoisotopic (exact) mass is 501 g/mol. The van der Waals surface area contributed by atoms with Crippen molar-refractivity contribution in [2.45, 2.75) is 26.2 Å². The van der Waals surface area contributed by atoms with Crippen LogP contribution < -0.4 is 15.4 Å². The number of methoxy groups -OCH3 is 1. The molecule has 1 aromatic carbocycles. The summed E-state index contributed by atoms with van der Waals surface area (Å²) < 4.78 is 16.2. The number of halogens is 1. The van der Waals surface area contributed by atoms with Crippen LogP contribution in [0.5, 0.6) is 5.75 Å². The van der Waals surface area contributed by atoms with Crippen molar-refractivity contribution >= 4 is 29.9 Å². The Balaban J connectivity index is 0.00000392. The minimum Gasteiger partial charge on any atom is -0.496 e. The summed E-state index contributed by atoms with van der Waals surface area (Å²) in [6.07, 6.45) is 4.29. The zero-order valence-corrected chi connectivity index (χ0v) is 19.1. The Bertz CT molecular complexity index is 663. The van der Waals surface area contributed by atoms with Crippen LogP contribution >= 0.6 is 24.0 Å². The molecular formula is C21H32IN3O3. The number of ether oxygens (including phenoxy) is 2. The molecule has 0 fully saturated rings. The van der Waals surface area contributed by atoms with Crippen LogP contribution in [-0.2, 0) is 17.6 Å². The Morgan fingerprint density at radius 1 is 1.07 bits per heavy atom. The first-order valence-electron chi connectivity index (χ1n) is 9.57. The predicted octanol–water partition coefficient (Wildman–Crippen LogP) is 3.65. The SMILES string of the molecule is CCOCCCN=C(NCCc1ccco1)NCCc1ccccc1OC.I. The standard InChI is InChI=1S/C21H31N3O3.HI/c1-3-26-16-7-13-22-21(24-15-12-19-9-6-17-27-19)23-14-11-18-8-4-5-10-20(18)25-2;/h4-6,8-10,17H,3,7,11-16H2,1-2H3,(H2,22,23,24);1H. The van der Waals surface area contributed by atoms with Gasteiger partial charge in [0.05, 0.1) is 13.4 Å². The molecule has 6 nitrogen and oxygen atoms in total.